The van der Waals surface area contributed by atoms with Crippen molar-refractivity contribution < 1.29 is 19.4 Å². The van der Waals surface area contributed by atoms with Crippen molar-refractivity contribution in [2.45, 2.75) is 18.9 Å². The number of aliphatic hydroxyl groups excluding tert-OH is 1. The molecule has 0 bridgehead atoms. The SMILES string of the molecule is COC(=O)C1CC(=O)N([C@H](CO)CCSC)C1. The smallest absolute Gasteiger partial charge is 0.310 e. The Morgan fingerprint density at radius 3 is 2.94 bits per heavy atom. The maximum atomic E-state index is 11.8. The highest BCUT2D eigenvalue weighted by Gasteiger charge is 2.37. The third-order valence-electron chi connectivity index (χ3n) is 3.00. The summed E-state index contributed by atoms with van der Waals surface area (Å²) >= 11 is 1.68. The minimum atomic E-state index is -0.379. The van der Waals surface area contributed by atoms with E-state index >= 15 is 0 Å². The molecular formula is C11H19NO4S. The van der Waals surface area contributed by atoms with E-state index in [2.05, 4.69) is 4.74 Å². The fraction of sp³-hybridized carbons (Fsp3) is 0.818. The van der Waals surface area contributed by atoms with Gasteiger partial charge in [-0.2, -0.15) is 11.8 Å². The average Bonchev–Trinajstić information content (AvgIpc) is 2.72. The van der Waals surface area contributed by atoms with Gasteiger partial charge in [0, 0.05) is 13.0 Å². The van der Waals surface area contributed by atoms with Gasteiger partial charge in [0.25, 0.3) is 0 Å². The Morgan fingerprint density at radius 1 is 1.71 bits per heavy atom. The number of hydrogen-bond acceptors (Lipinski definition) is 5. The van der Waals surface area contributed by atoms with Crippen molar-refractivity contribution in [3.63, 3.8) is 0 Å². The number of aliphatic hydroxyl groups is 1. The van der Waals surface area contributed by atoms with Crippen LogP contribution in [-0.4, -0.2) is 60.2 Å². The molecule has 0 spiro atoms. The van der Waals surface area contributed by atoms with Gasteiger partial charge in [0.05, 0.1) is 25.7 Å². The fourth-order valence-electron chi connectivity index (χ4n) is 2.01. The standard InChI is InChI=1S/C11H19NO4S/c1-16-11(15)8-5-10(14)12(6-8)9(7-13)3-4-17-2/h8-9,13H,3-7H2,1-2H3/t8?,9-/m0/s1. The van der Waals surface area contributed by atoms with Gasteiger partial charge in [-0.1, -0.05) is 0 Å². The summed E-state index contributed by atoms with van der Waals surface area (Å²) in [5.74, 6) is 0.0940. The Hall–Kier alpha value is -0.750. The summed E-state index contributed by atoms with van der Waals surface area (Å²) in [6.07, 6.45) is 2.93. The largest absolute Gasteiger partial charge is 0.469 e. The number of nitrogens with zero attached hydrogens (tertiary/aromatic N) is 1. The fourth-order valence-corrected chi connectivity index (χ4v) is 2.52. The first-order valence-electron chi connectivity index (χ1n) is 5.61. The molecule has 0 aliphatic carbocycles. The predicted molar refractivity (Wildman–Crippen MR) is 65.7 cm³/mol. The maximum absolute atomic E-state index is 11.8. The monoisotopic (exact) mass is 261 g/mol. The molecule has 1 heterocycles. The highest BCUT2D eigenvalue weighted by atomic mass is 32.2. The number of amides is 1. The quantitative estimate of drug-likeness (QED) is 0.688. The van der Waals surface area contributed by atoms with Crippen LogP contribution in [0.3, 0.4) is 0 Å². The van der Waals surface area contributed by atoms with E-state index in [9.17, 15) is 14.7 Å². The summed E-state index contributed by atoms with van der Waals surface area (Å²) in [5, 5.41) is 9.29. The normalized spacial score (nSPS) is 21.7. The molecule has 6 heteroatoms. The molecule has 1 rings (SSSR count). The number of carbonyl (C=O) groups excluding carboxylic acids is 2. The van der Waals surface area contributed by atoms with Crippen molar-refractivity contribution in [1.82, 2.24) is 4.90 Å². The van der Waals surface area contributed by atoms with Crippen LogP contribution in [0.5, 0.6) is 0 Å². The molecular weight excluding hydrogens is 242 g/mol. The van der Waals surface area contributed by atoms with E-state index in [0.717, 1.165) is 12.2 Å². The molecule has 2 atom stereocenters. The van der Waals surface area contributed by atoms with E-state index in [1.807, 2.05) is 6.26 Å². The lowest BCUT2D eigenvalue weighted by atomic mass is 10.1. The first-order valence-corrected chi connectivity index (χ1v) is 7.00. The van der Waals surface area contributed by atoms with Gasteiger partial charge in [-0.25, -0.2) is 0 Å². The van der Waals surface area contributed by atoms with Crippen LogP contribution in [0.15, 0.2) is 0 Å². The van der Waals surface area contributed by atoms with Crippen LogP contribution < -0.4 is 0 Å². The van der Waals surface area contributed by atoms with Gasteiger partial charge < -0.3 is 14.7 Å². The molecule has 1 fully saturated rings. The van der Waals surface area contributed by atoms with E-state index in [1.54, 1.807) is 16.7 Å². The molecule has 0 radical (unpaired) electrons. The van der Waals surface area contributed by atoms with Gasteiger partial charge in [0.15, 0.2) is 0 Å². The lowest BCUT2D eigenvalue weighted by Gasteiger charge is -2.26. The molecule has 5 nitrogen and oxygen atoms in total. The molecule has 1 aliphatic heterocycles. The topological polar surface area (TPSA) is 66.8 Å². The number of hydrogen-bond donors (Lipinski definition) is 1. The second-order valence-corrected chi connectivity index (χ2v) is 5.07. The second kappa shape index (κ2) is 6.86. The highest BCUT2D eigenvalue weighted by molar-refractivity contribution is 7.98. The van der Waals surface area contributed by atoms with E-state index in [4.69, 9.17) is 0 Å². The molecule has 1 saturated heterocycles. The van der Waals surface area contributed by atoms with Crippen molar-refractivity contribution in [3.8, 4) is 0 Å². The zero-order valence-electron chi connectivity index (χ0n) is 10.2. The molecule has 0 aromatic rings. The number of likely N-dealkylation sites (tertiary alicyclic amines) is 1. The predicted octanol–water partition coefficient (Wildman–Crippen LogP) is 0.122. The lowest BCUT2D eigenvalue weighted by molar-refractivity contribution is -0.145. The van der Waals surface area contributed by atoms with Crippen LogP contribution in [-0.2, 0) is 14.3 Å². The van der Waals surface area contributed by atoms with Crippen LogP contribution in [0.1, 0.15) is 12.8 Å². The summed E-state index contributed by atoms with van der Waals surface area (Å²) in [6.45, 7) is 0.311. The summed E-state index contributed by atoms with van der Waals surface area (Å²) in [5.41, 5.74) is 0. The molecule has 1 amide bonds. The number of carbonyl (C=O) groups is 2. The van der Waals surface area contributed by atoms with Crippen molar-refractivity contribution in [2.24, 2.45) is 5.92 Å². The van der Waals surface area contributed by atoms with Crippen LogP contribution in [0.2, 0.25) is 0 Å². The van der Waals surface area contributed by atoms with Crippen molar-refractivity contribution in [2.75, 3.05) is 32.3 Å². The minimum Gasteiger partial charge on any atom is -0.469 e. The Morgan fingerprint density at radius 2 is 2.41 bits per heavy atom. The average molecular weight is 261 g/mol. The molecule has 17 heavy (non-hydrogen) atoms. The summed E-state index contributed by atoms with van der Waals surface area (Å²) in [4.78, 5) is 24.7. The summed E-state index contributed by atoms with van der Waals surface area (Å²) in [6, 6.07) is -0.176. The minimum absolute atomic E-state index is 0.0554. The van der Waals surface area contributed by atoms with Crippen LogP contribution >= 0.6 is 11.8 Å². The van der Waals surface area contributed by atoms with E-state index < -0.39 is 0 Å². The number of rotatable bonds is 6. The Labute approximate surface area is 105 Å². The van der Waals surface area contributed by atoms with E-state index in [1.165, 1.54) is 7.11 Å². The summed E-state index contributed by atoms with van der Waals surface area (Å²) in [7, 11) is 1.33. The van der Waals surface area contributed by atoms with E-state index in [0.29, 0.717) is 6.54 Å². The Bertz CT molecular complexity index is 285. The molecule has 1 aliphatic rings. The first-order chi connectivity index (χ1) is 8.13. The van der Waals surface area contributed by atoms with Crippen molar-refractivity contribution >= 4 is 23.6 Å². The van der Waals surface area contributed by atoms with Gasteiger partial charge >= 0.3 is 5.97 Å². The van der Waals surface area contributed by atoms with Gasteiger partial charge in [-0.3, -0.25) is 9.59 Å². The zero-order chi connectivity index (χ0) is 12.8. The van der Waals surface area contributed by atoms with Crippen molar-refractivity contribution in [3.05, 3.63) is 0 Å². The van der Waals surface area contributed by atoms with Crippen LogP contribution in [0, 0.1) is 5.92 Å². The third kappa shape index (κ3) is 3.61. The van der Waals surface area contributed by atoms with Gasteiger partial charge in [-0.15, -0.1) is 0 Å². The maximum Gasteiger partial charge on any atom is 0.310 e. The number of thioether (sulfide) groups is 1. The van der Waals surface area contributed by atoms with E-state index in [-0.39, 0.29) is 36.9 Å². The molecule has 1 unspecified atom stereocenters. The molecule has 1 N–H and O–H groups in total. The number of methoxy groups -OCH3 is 1. The van der Waals surface area contributed by atoms with Gasteiger partial charge in [0.1, 0.15) is 0 Å². The van der Waals surface area contributed by atoms with Gasteiger partial charge in [0.2, 0.25) is 5.91 Å². The molecule has 0 aromatic heterocycles. The molecule has 0 saturated carbocycles. The van der Waals surface area contributed by atoms with Crippen molar-refractivity contribution in [1.29, 1.82) is 0 Å². The Kier molecular flexibility index (Phi) is 5.77. The van der Waals surface area contributed by atoms with Crippen LogP contribution in [0.25, 0.3) is 0 Å². The number of esters is 1. The van der Waals surface area contributed by atoms with Gasteiger partial charge in [-0.05, 0) is 18.4 Å². The highest BCUT2D eigenvalue weighted by Crippen LogP contribution is 2.23. The Balaban J connectivity index is 2.58. The lowest BCUT2D eigenvalue weighted by Crippen LogP contribution is -2.40. The summed E-state index contributed by atoms with van der Waals surface area (Å²) < 4.78 is 4.64. The zero-order valence-corrected chi connectivity index (χ0v) is 11.0. The second-order valence-electron chi connectivity index (χ2n) is 4.09. The molecule has 98 valence electrons. The number of ether oxygens (including phenoxy) is 1. The van der Waals surface area contributed by atoms with Crippen LogP contribution in [0.4, 0.5) is 0 Å². The third-order valence-corrected chi connectivity index (χ3v) is 3.64. The first kappa shape index (κ1) is 14.3. The molecule has 0 aromatic carbocycles.